The quantitative estimate of drug-likeness (QED) is 0.567. The molecular formula is C19H16FN3O. The zero-order valence-corrected chi connectivity index (χ0v) is 13.4. The maximum Gasteiger partial charge on any atom is 0.214 e. The molecule has 0 amide bonds. The fraction of sp³-hybridized carbons (Fsp3) is 0.105. The second kappa shape index (κ2) is 5.53. The molecule has 0 saturated carbocycles. The molecule has 2 aromatic heterocycles. The average Bonchev–Trinajstić information content (AvgIpc) is 3.15. The van der Waals surface area contributed by atoms with Gasteiger partial charge in [-0.2, -0.15) is 0 Å². The molecule has 0 fully saturated rings. The normalized spacial score (nSPS) is 11.1. The third-order valence-corrected chi connectivity index (χ3v) is 4.16. The Labute approximate surface area is 138 Å². The molecule has 4 rings (SSSR count). The lowest BCUT2D eigenvalue weighted by Gasteiger charge is -2.04. The van der Waals surface area contributed by atoms with E-state index in [-0.39, 0.29) is 5.82 Å². The van der Waals surface area contributed by atoms with E-state index in [4.69, 9.17) is 4.74 Å². The number of rotatable bonds is 3. The maximum atomic E-state index is 13.1. The van der Waals surface area contributed by atoms with E-state index in [0.29, 0.717) is 0 Å². The predicted octanol–water partition coefficient (Wildman–Crippen LogP) is 4.15. The number of halogens is 1. The molecule has 4 nitrogen and oxygen atoms in total. The molecule has 0 atom stereocenters. The summed E-state index contributed by atoms with van der Waals surface area (Å²) in [5.74, 6) is 1.42. The topological polar surface area (TPSA) is 31.5 Å². The van der Waals surface area contributed by atoms with Crippen molar-refractivity contribution in [2.75, 3.05) is 7.11 Å². The molecule has 5 heteroatoms. The fourth-order valence-electron chi connectivity index (χ4n) is 2.84. The first-order valence-electron chi connectivity index (χ1n) is 7.60. The maximum absolute atomic E-state index is 13.1. The van der Waals surface area contributed by atoms with Gasteiger partial charge in [-0.25, -0.2) is 9.37 Å². The molecule has 0 spiro atoms. The van der Waals surface area contributed by atoms with Crippen LogP contribution in [-0.2, 0) is 7.05 Å². The first-order chi connectivity index (χ1) is 11.7. The zero-order valence-electron chi connectivity index (χ0n) is 13.4. The minimum atomic E-state index is -0.246. The van der Waals surface area contributed by atoms with E-state index >= 15 is 0 Å². The van der Waals surface area contributed by atoms with Crippen LogP contribution in [-0.4, -0.2) is 21.1 Å². The standard InChI is InChI=1S/C19H16FN3O/c1-22-18(14-5-9-16(24-2)10-6-14)12-23-11-17(21-19(22)23)13-3-7-15(20)8-4-13/h3-12H,1-2H3. The lowest BCUT2D eigenvalue weighted by Crippen LogP contribution is -1.93. The third-order valence-electron chi connectivity index (χ3n) is 4.16. The fourth-order valence-corrected chi connectivity index (χ4v) is 2.84. The number of methoxy groups -OCH3 is 1. The van der Waals surface area contributed by atoms with Crippen LogP contribution in [0.2, 0.25) is 0 Å². The van der Waals surface area contributed by atoms with Crippen LogP contribution in [0.4, 0.5) is 4.39 Å². The Hall–Kier alpha value is -3.08. The summed E-state index contributed by atoms with van der Waals surface area (Å²) in [7, 11) is 3.64. The molecular weight excluding hydrogens is 305 g/mol. The number of hydrogen-bond acceptors (Lipinski definition) is 2. The summed E-state index contributed by atoms with van der Waals surface area (Å²) in [4.78, 5) is 4.67. The smallest absolute Gasteiger partial charge is 0.214 e. The Balaban J connectivity index is 1.76. The Morgan fingerprint density at radius 2 is 1.58 bits per heavy atom. The largest absolute Gasteiger partial charge is 0.497 e. The highest BCUT2D eigenvalue weighted by Gasteiger charge is 2.12. The van der Waals surface area contributed by atoms with Gasteiger partial charge in [0.05, 0.1) is 18.5 Å². The lowest BCUT2D eigenvalue weighted by atomic mass is 10.1. The molecule has 0 radical (unpaired) electrons. The van der Waals surface area contributed by atoms with E-state index in [1.165, 1.54) is 12.1 Å². The van der Waals surface area contributed by atoms with Crippen LogP contribution in [0.1, 0.15) is 0 Å². The third kappa shape index (κ3) is 2.34. The highest BCUT2D eigenvalue weighted by molar-refractivity contribution is 5.67. The summed E-state index contributed by atoms with van der Waals surface area (Å²) in [6.45, 7) is 0. The van der Waals surface area contributed by atoms with Crippen molar-refractivity contribution in [3.63, 3.8) is 0 Å². The predicted molar refractivity (Wildman–Crippen MR) is 91.5 cm³/mol. The molecule has 2 aromatic carbocycles. The van der Waals surface area contributed by atoms with Crippen LogP contribution in [0.3, 0.4) is 0 Å². The molecule has 0 saturated heterocycles. The molecule has 0 bridgehead atoms. The number of benzene rings is 2. The molecule has 4 aromatic rings. The van der Waals surface area contributed by atoms with E-state index in [0.717, 1.165) is 34.0 Å². The molecule has 24 heavy (non-hydrogen) atoms. The number of ether oxygens (including phenoxy) is 1. The molecule has 2 heterocycles. The van der Waals surface area contributed by atoms with Gasteiger partial charge in [-0.3, -0.25) is 4.40 Å². The van der Waals surface area contributed by atoms with Crippen molar-refractivity contribution in [1.82, 2.24) is 14.0 Å². The molecule has 120 valence electrons. The van der Waals surface area contributed by atoms with Gasteiger partial charge in [0.15, 0.2) is 0 Å². The van der Waals surface area contributed by atoms with Crippen LogP contribution in [0.15, 0.2) is 60.9 Å². The molecule has 0 aliphatic carbocycles. The SMILES string of the molecule is COc1ccc(-c2cn3cc(-c4ccc(F)cc4)nc3n2C)cc1. The van der Waals surface area contributed by atoms with E-state index in [2.05, 4.69) is 4.98 Å². The molecule has 0 aliphatic heterocycles. The Kier molecular flexibility index (Phi) is 3.34. The van der Waals surface area contributed by atoms with Crippen molar-refractivity contribution in [2.24, 2.45) is 7.05 Å². The Morgan fingerprint density at radius 1 is 0.917 bits per heavy atom. The first-order valence-corrected chi connectivity index (χ1v) is 7.60. The highest BCUT2D eigenvalue weighted by Crippen LogP contribution is 2.26. The number of fused-ring (bicyclic) bond motifs is 1. The lowest BCUT2D eigenvalue weighted by molar-refractivity contribution is 0.415. The van der Waals surface area contributed by atoms with Crippen molar-refractivity contribution in [3.05, 3.63) is 66.7 Å². The minimum Gasteiger partial charge on any atom is -0.497 e. The van der Waals surface area contributed by atoms with Gasteiger partial charge in [-0.15, -0.1) is 0 Å². The highest BCUT2D eigenvalue weighted by atomic mass is 19.1. The van der Waals surface area contributed by atoms with E-state index < -0.39 is 0 Å². The summed E-state index contributed by atoms with van der Waals surface area (Å²) < 4.78 is 22.3. The van der Waals surface area contributed by atoms with Crippen molar-refractivity contribution >= 4 is 5.78 Å². The number of nitrogens with zero attached hydrogens (tertiary/aromatic N) is 3. The van der Waals surface area contributed by atoms with E-state index in [1.807, 2.05) is 52.7 Å². The van der Waals surface area contributed by atoms with Gasteiger partial charge in [0.1, 0.15) is 11.6 Å². The van der Waals surface area contributed by atoms with Crippen LogP contribution < -0.4 is 4.74 Å². The van der Waals surface area contributed by atoms with Crippen LogP contribution in [0.25, 0.3) is 28.3 Å². The van der Waals surface area contributed by atoms with Gasteiger partial charge in [-0.05, 0) is 54.1 Å². The number of imidazole rings is 2. The van der Waals surface area contributed by atoms with Gasteiger partial charge in [0.25, 0.3) is 0 Å². The van der Waals surface area contributed by atoms with Gasteiger partial charge in [0.2, 0.25) is 5.78 Å². The van der Waals surface area contributed by atoms with Crippen molar-refractivity contribution in [1.29, 1.82) is 0 Å². The number of hydrogen-bond donors (Lipinski definition) is 0. The average molecular weight is 321 g/mol. The minimum absolute atomic E-state index is 0.246. The molecule has 0 N–H and O–H groups in total. The second-order valence-corrected chi connectivity index (χ2v) is 5.64. The summed E-state index contributed by atoms with van der Waals surface area (Å²) in [6.07, 6.45) is 3.99. The number of aromatic nitrogens is 3. The number of aryl methyl sites for hydroxylation is 1. The van der Waals surface area contributed by atoms with Crippen LogP contribution in [0.5, 0.6) is 5.75 Å². The van der Waals surface area contributed by atoms with Crippen molar-refractivity contribution in [2.45, 2.75) is 0 Å². The summed E-state index contributed by atoms with van der Waals surface area (Å²) in [6, 6.07) is 14.3. The summed E-state index contributed by atoms with van der Waals surface area (Å²) >= 11 is 0. The molecule has 0 unspecified atom stereocenters. The van der Waals surface area contributed by atoms with Crippen LogP contribution in [0, 0.1) is 5.82 Å². The van der Waals surface area contributed by atoms with E-state index in [9.17, 15) is 4.39 Å². The van der Waals surface area contributed by atoms with E-state index in [1.54, 1.807) is 19.2 Å². The second-order valence-electron chi connectivity index (χ2n) is 5.64. The van der Waals surface area contributed by atoms with Crippen LogP contribution >= 0.6 is 0 Å². The van der Waals surface area contributed by atoms with Crippen molar-refractivity contribution in [3.8, 4) is 28.3 Å². The van der Waals surface area contributed by atoms with Gasteiger partial charge in [-0.1, -0.05) is 0 Å². The summed E-state index contributed by atoms with van der Waals surface area (Å²) in [5, 5.41) is 0. The summed E-state index contributed by atoms with van der Waals surface area (Å²) in [5.41, 5.74) is 3.87. The zero-order chi connectivity index (χ0) is 16.7. The van der Waals surface area contributed by atoms with Crippen molar-refractivity contribution < 1.29 is 9.13 Å². The van der Waals surface area contributed by atoms with Gasteiger partial charge in [0, 0.05) is 25.0 Å². The first kappa shape index (κ1) is 14.5. The monoisotopic (exact) mass is 321 g/mol. The van der Waals surface area contributed by atoms with Gasteiger partial charge >= 0.3 is 0 Å². The van der Waals surface area contributed by atoms with Gasteiger partial charge < -0.3 is 9.30 Å². The Morgan fingerprint density at radius 3 is 2.21 bits per heavy atom. The Bertz CT molecular complexity index is 998. The molecule has 0 aliphatic rings.